The van der Waals surface area contributed by atoms with E-state index in [1.54, 1.807) is 6.07 Å². The van der Waals surface area contributed by atoms with Gasteiger partial charge in [0.2, 0.25) is 5.91 Å². The van der Waals surface area contributed by atoms with Crippen LogP contribution in [-0.2, 0) is 4.79 Å². The Morgan fingerprint density at radius 3 is 2.57 bits per heavy atom. The molecule has 0 heterocycles. The molecule has 0 spiro atoms. The van der Waals surface area contributed by atoms with E-state index in [0.29, 0.717) is 17.2 Å². The number of benzene rings is 1. The Labute approximate surface area is 125 Å². The fraction of sp³-hybridized carbons (Fsp3) is 0.562. The van der Waals surface area contributed by atoms with Crippen molar-refractivity contribution in [2.75, 3.05) is 5.32 Å². The molecule has 1 aromatic carbocycles. The van der Waals surface area contributed by atoms with Crippen molar-refractivity contribution < 1.29 is 15.0 Å². The average molecular weight is 292 g/mol. The van der Waals surface area contributed by atoms with Gasteiger partial charge in [0, 0.05) is 24.7 Å². The number of nitrogens with one attached hydrogen (secondary N) is 1. The van der Waals surface area contributed by atoms with Gasteiger partial charge in [-0.1, -0.05) is 19.3 Å². The number of rotatable bonds is 4. The number of aliphatic hydroxyl groups excluding tert-OH is 1. The van der Waals surface area contributed by atoms with Crippen LogP contribution >= 0.6 is 0 Å². The monoisotopic (exact) mass is 292 g/mol. The fourth-order valence-corrected chi connectivity index (χ4v) is 3.08. The molecular formula is C16H24N2O3. The highest BCUT2D eigenvalue weighted by molar-refractivity contribution is 5.89. The molecule has 1 aliphatic rings. The number of phenols is 1. The summed E-state index contributed by atoms with van der Waals surface area (Å²) in [7, 11) is 0. The van der Waals surface area contributed by atoms with Crippen molar-refractivity contribution in [1.29, 1.82) is 0 Å². The van der Waals surface area contributed by atoms with Gasteiger partial charge < -0.3 is 21.3 Å². The topological polar surface area (TPSA) is 95.6 Å². The van der Waals surface area contributed by atoms with Gasteiger partial charge in [-0.05, 0) is 36.5 Å². The van der Waals surface area contributed by atoms with Crippen LogP contribution < -0.4 is 11.1 Å². The minimum absolute atomic E-state index is 0.00569. The first-order chi connectivity index (χ1) is 9.97. The Kier molecular flexibility index (Phi) is 5.20. The van der Waals surface area contributed by atoms with E-state index in [4.69, 9.17) is 5.73 Å². The lowest BCUT2D eigenvalue weighted by atomic mass is 9.81. The van der Waals surface area contributed by atoms with E-state index in [-0.39, 0.29) is 17.7 Å². The smallest absolute Gasteiger partial charge is 0.221 e. The molecule has 0 bridgehead atoms. The minimum Gasteiger partial charge on any atom is -0.508 e. The van der Waals surface area contributed by atoms with E-state index in [0.717, 1.165) is 25.7 Å². The van der Waals surface area contributed by atoms with Crippen LogP contribution in [0.2, 0.25) is 0 Å². The predicted molar refractivity (Wildman–Crippen MR) is 81.9 cm³/mol. The van der Waals surface area contributed by atoms with Crippen LogP contribution in [0.4, 0.5) is 5.69 Å². The van der Waals surface area contributed by atoms with Crippen molar-refractivity contribution in [3.05, 3.63) is 23.8 Å². The van der Waals surface area contributed by atoms with Gasteiger partial charge in [0.1, 0.15) is 5.75 Å². The van der Waals surface area contributed by atoms with Gasteiger partial charge in [0.25, 0.3) is 0 Å². The lowest BCUT2D eigenvalue weighted by Gasteiger charge is -2.31. The molecule has 1 saturated carbocycles. The van der Waals surface area contributed by atoms with E-state index < -0.39 is 6.10 Å². The number of hydrogen-bond donors (Lipinski definition) is 4. The lowest BCUT2D eigenvalue weighted by molar-refractivity contribution is -0.114. The zero-order valence-electron chi connectivity index (χ0n) is 12.4. The van der Waals surface area contributed by atoms with Crippen molar-refractivity contribution >= 4 is 11.6 Å². The highest BCUT2D eigenvalue weighted by atomic mass is 16.3. The molecule has 1 fully saturated rings. The van der Waals surface area contributed by atoms with Crippen LogP contribution in [0.25, 0.3) is 0 Å². The number of carbonyl (C=O) groups is 1. The van der Waals surface area contributed by atoms with Gasteiger partial charge in [0.15, 0.2) is 0 Å². The van der Waals surface area contributed by atoms with E-state index in [9.17, 15) is 15.0 Å². The molecule has 21 heavy (non-hydrogen) atoms. The number of nitrogens with two attached hydrogens (primary N) is 1. The fourth-order valence-electron chi connectivity index (χ4n) is 3.08. The Morgan fingerprint density at radius 1 is 1.29 bits per heavy atom. The molecule has 5 N–H and O–H groups in total. The van der Waals surface area contributed by atoms with Crippen LogP contribution in [0, 0.1) is 5.92 Å². The van der Waals surface area contributed by atoms with Crippen LogP contribution in [-0.4, -0.2) is 22.2 Å². The summed E-state index contributed by atoms with van der Waals surface area (Å²) >= 11 is 0. The third-order valence-corrected chi connectivity index (χ3v) is 4.16. The predicted octanol–water partition coefficient (Wildman–Crippen LogP) is 2.29. The average Bonchev–Trinajstić information content (AvgIpc) is 2.45. The molecular weight excluding hydrogens is 268 g/mol. The molecule has 0 aliphatic heterocycles. The maximum atomic E-state index is 11.1. The highest BCUT2D eigenvalue weighted by Gasteiger charge is 2.27. The Balaban J connectivity index is 2.15. The number of phenolic OH excluding ortho intramolecular Hbond substituents is 1. The van der Waals surface area contributed by atoms with Crippen LogP contribution in [0.5, 0.6) is 5.75 Å². The number of carbonyl (C=O) groups excluding carboxylic acids is 1. The van der Waals surface area contributed by atoms with E-state index in [1.165, 1.54) is 25.5 Å². The summed E-state index contributed by atoms with van der Waals surface area (Å²) < 4.78 is 0. The Morgan fingerprint density at radius 2 is 1.95 bits per heavy atom. The highest BCUT2D eigenvalue weighted by Crippen LogP contribution is 2.33. The number of aromatic hydroxyl groups is 1. The van der Waals surface area contributed by atoms with Crippen molar-refractivity contribution in [3.63, 3.8) is 0 Å². The standard InChI is InChI=1S/C16H24N2O3/c1-10(19)18-13-7-12(8-14(20)9-13)16(21)15(17)11-5-3-2-4-6-11/h7-9,11,15-16,20-21H,2-6,17H2,1H3,(H,18,19). The molecule has 2 rings (SSSR count). The van der Waals surface area contributed by atoms with Gasteiger partial charge in [-0.15, -0.1) is 0 Å². The molecule has 2 atom stereocenters. The summed E-state index contributed by atoms with van der Waals surface area (Å²) in [5.41, 5.74) is 7.21. The van der Waals surface area contributed by atoms with Gasteiger partial charge in [0.05, 0.1) is 6.10 Å². The molecule has 116 valence electrons. The zero-order valence-corrected chi connectivity index (χ0v) is 12.4. The van der Waals surface area contributed by atoms with Gasteiger partial charge in [-0.2, -0.15) is 0 Å². The van der Waals surface area contributed by atoms with Crippen molar-refractivity contribution in [2.45, 2.75) is 51.2 Å². The second kappa shape index (κ2) is 6.91. The van der Waals surface area contributed by atoms with Crippen molar-refractivity contribution in [1.82, 2.24) is 0 Å². The first-order valence-electron chi connectivity index (χ1n) is 7.52. The largest absolute Gasteiger partial charge is 0.508 e. The van der Waals surface area contributed by atoms with Crippen molar-refractivity contribution in [2.24, 2.45) is 11.7 Å². The first kappa shape index (κ1) is 15.8. The third-order valence-electron chi connectivity index (χ3n) is 4.16. The van der Waals surface area contributed by atoms with Crippen molar-refractivity contribution in [3.8, 4) is 5.75 Å². The number of aliphatic hydroxyl groups is 1. The lowest BCUT2D eigenvalue weighted by Crippen LogP contribution is -2.37. The summed E-state index contributed by atoms with van der Waals surface area (Å²) in [6.07, 6.45) is 4.78. The molecule has 2 unspecified atom stereocenters. The molecule has 1 amide bonds. The van der Waals surface area contributed by atoms with Crippen LogP contribution in [0.15, 0.2) is 18.2 Å². The molecule has 0 saturated heterocycles. The molecule has 0 aromatic heterocycles. The second-order valence-electron chi connectivity index (χ2n) is 5.91. The maximum absolute atomic E-state index is 11.1. The molecule has 1 aromatic rings. The summed E-state index contributed by atoms with van der Waals surface area (Å²) in [4.78, 5) is 11.1. The van der Waals surface area contributed by atoms with Crippen LogP contribution in [0.3, 0.4) is 0 Å². The summed E-state index contributed by atoms with van der Waals surface area (Å²) in [5.74, 6) is 0.0871. The quantitative estimate of drug-likeness (QED) is 0.684. The maximum Gasteiger partial charge on any atom is 0.221 e. The van der Waals surface area contributed by atoms with Gasteiger partial charge in [-0.3, -0.25) is 4.79 Å². The third kappa shape index (κ3) is 4.19. The molecule has 1 aliphatic carbocycles. The minimum atomic E-state index is -0.840. The normalized spacial score (nSPS) is 19.0. The first-order valence-corrected chi connectivity index (χ1v) is 7.52. The molecule has 0 radical (unpaired) electrons. The summed E-state index contributed by atoms with van der Waals surface area (Å²) in [5, 5.41) is 22.8. The summed E-state index contributed by atoms with van der Waals surface area (Å²) in [6, 6.07) is 4.26. The Hall–Kier alpha value is -1.59. The summed E-state index contributed by atoms with van der Waals surface area (Å²) in [6.45, 7) is 1.40. The van der Waals surface area contributed by atoms with E-state index in [2.05, 4.69) is 5.32 Å². The number of hydrogen-bond acceptors (Lipinski definition) is 4. The molecule has 5 nitrogen and oxygen atoms in total. The second-order valence-corrected chi connectivity index (χ2v) is 5.91. The SMILES string of the molecule is CC(=O)Nc1cc(O)cc(C(O)C(N)C2CCCCC2)c1. The molecule has 5 heteroatoms. The van der Waals surface area contributed by atoms with E-state index in [1.807, 2.05) is 0 Å². The Bertz CT molecular complexity index is 498. The van der Waals surface area contributed by atoms with E-state index >= 15 is 0 Å². The van der Waals surface area contributed by atoms with Crippen LogP contribution in [0.1, 0.15) is 50.7 Å². The number of amides is 1. The number of anilines is 1. The van der Waals surface area contributed by atoms with Gasteiger partial charge >= 0.3 is 0 Å². The zero-order chi connectivity index (χ0) is 15.4. The van der Waals surface area contributed by atoms with Gasteiger partial charge in [-0.25, -0.2) is 0 Å².